The number of benzene rings is 1. The van der Waals surface area contributed by atoms with Crippen molar-refractivity contribution in [2.75, 3.05) is 0 Å². The van der Waals surface area contributed by atoms with Crippen LogP contribution in [0.25, 0.3) is 0 Å². The number of rotatable bonds is 7. The Morgan fingerprint density at radius 2 is 1.63 bits per heavy atom. The number of nitrogens with two attached hydrogens (primary N) is 2. The Kier molecular flexibility index (Phi) is 5.63. The Morgan fingerprint density at radius 1 is 1.11 bits per heavy atom. The molecule has 0 aromatic heterocycles. The zero-order valence-electron chi connectivity index (χ0n) is 16.3. The summed E-state index contributed by atoms with van der Waals surface area (Å²) >= 11 is 0. The maximum Gasteiger partial charge on any atom is 0.305 e. The monoisotopic (exact) mass is 377 g/mol. The predicted octanol–water partition coefficient (Wildman–Crippen LogP) is 1.99. The fourth-order valence-corrected chi connectivity index (χ4v) is 3.40. The van der Waals surface area contributed by atoms with Crippen LogP contribution in [0.1, 0.15) is 61.8 Å². The molecular formula is C19H27N3O5. The van der Waals surface area contributed by atoms with Gasteiger partial charge in [0.05, 0.1) is 16.5 Å². The number of hydrogen-bond donors (Lipinski definition) is 2. The van der Waals surface area contributed by atoms with Gasteiger partial charge in [0.1, 0.15) is 0 Å². The molecule has 0 saturated carbocycles. The molecule has 1 saturated heterocycles. The van der Waals surface area contributed by atoms with E-state index >= 15 is 0 Å². The minimum absolute atomic E-state index is 0.0686. The molecule has 148 valence electrons. The van der Waals surface area contributed by atoms with Gasteiger partial charge in [0.15, 0.2) is 0 Å². The van der Waals surface area contributed by atoms with E-state index in [0.717, 1.165) is 5.23 Å². The average molecular weight is 377 g/mol. The molecule has 8 heteroatoms. The summed E-state index contributed by atoms with van der Waals surface area (Å²) in [5.41, 5.74) is 10.2. The van der Waals surface area contributed by atoms with Crippen molar-refractivity contribution in [2.24, 2.45) is 28.7 Å². The van der Waals surface area contributed by atoms with E-state index in [2.05, 4.69) is 0 Å². The first-order chi connectivity index (χ1) is 12.5. The van der Waals surface area contributed by atoms with Crippen molar-refractivity contribution in [1.29, 1.82) is 0 Å². The van der Waals surface area contributed by atoms with Crippen LogP contribution in [0, 0.1) is 17.3 Å². The smallest absolute Gasteiger partial charge is 0.305 e. The van der Waals surface area contributed by atoms with E-state index < -0.39 is 34.8 Å². The van der Waals surface area contributed by atoms with Gasteiger partial charge in [-0.3, -0.25) is 14.4 Å². The Labute approximate surface area is 158 Å². The number of carbonyl (C=O) groups excluding carboxylic acids is 3. The van der Waals surface area contributed by atoms with Gasteiger partial charge in [-0.1, -0.05) is 52.0 Å². The summed E-state index contributed by atoms with van der Waals surface area (Å²) in [7, 11) is 0. The lowest BCUT2D eigenvalue weighted by Gasteiger charge is -2.54. The molecule has 1 aliphatic rings. The first-order valence-corrected chi connectivity index (χ1v) is 8.92. The fraction of sp³-hybridized carbons (Fsp3) is 0.526. The molecule has 1 aromatic carbocycles. The van der Waals surface area contributed by atoms with E-state index in [1.165, 1.54) is 12.1 Å². The third kappa shape index (κ3) is 3.30. The Bertz CT molecular complexity index is 757. The van der Waals surface area contributed by atoms with Crippen LogP contribution in [0.4, 0.5) is 0 Å². The van der Waals surface area contributed by atoms with E-state index in [4.69, 9.17) is 21.1 Å². The van der Waals surface area contributed by atoms with E-state index in [0.29, 0.717) is 6.42 Å². The molecule has 3 amide bonds. The van der Waals surface area contributed by atoms with E-state index in [-0.39, 0.29) is 17.0 Å². The third-order valence-electron chi connectivity index (χ3n) is 5.85. The Balaban J connectivity index is 2.26. The molecule has 1 fully saturated rings. The SMILES string of the molecule is CCC1(C(C)C(C)(C(N)=O)C(C)C)ON(C(=O)c2ccccc2C(N)=O)O1. The largest absolute Gasteiger partial charge is 0.369 e. The Hall–Kier alpha value is -2.45. The van der Waals surface area contributed by atoms with Crippen LogP contribution in [-0.2, 0) is 14.5 Å². The normalized spacial score (nSPS) is 19.1. The molecule has 1 aromatic rings. The van der Waals surface area contributed by atoms with Crippen LogP contribution in [0.15, 0.2) is 24.3 Å². The summed E-state index contributed by atoms with van der Waals surface area (Å²) in [6, 6.07) is 6.13. The van der Waals surface area contributed by atoms with Gasteiger partial charge >= 0.3 is 5.91 Å². The van der Waals surface area contributed by atoms with Crippen LogP contribution in [0.2, 0.25) is 0 Å². The maximum absolute atomic E-state index is 12.7. The summed E-state index contributed by atoms with van der Waals surface area (Å²) in [4.78, 5) is 47.8. The van der Waals surface area contributed by atoms with Gasteiger partial charge in [-0.2, -0.15) is 0 Å². The molecule has 2 rings (SSSR count). The number of amides is 3. The zero-order chi connectivity index (χ0) is 20.6. The van der Waals surface area contributed by atoms with Crippen molar-refractivity contribution in [3.05, 3.63) is 35.4 Å². The minimum atomic E-state index is -1.18. The lowest BCUT2D eigenvalue weighted by molar-refractivity contribution is -0.602. The molecule has 2 atom stereocenters. The number of hydrogen-bond acceptors (Lipinski definition) is 5. The second-order valence-electron chi connectivity index (χ2n) is 7.34. The first kappa shape index (κ1) is 20.9. The first-order valence-electron chi connectivity index (χ1n) is 8.92. The molecule has 2 unspecified atom stereocenters. The predicted molar refractivity (Wildman–Crippen MR) is 97.6 cm³/mol. The van der Waals surface area contributed by atoms with Crippen molar-refractivity contribution in [2.45, 2.75) is 46.8 Å². The lowest BCUT2D eigenvalue weighted by Crippen LogP contribution is -2.66. The van der Waals surface area contributed by atoms with E-state index in [9.17, 15) is 14.4 Å². The second kappa shape index (κ2) is 7.28. The van der Waals surface area contributed by atoms with Crippen LogP contribution >= 0.6 is 0 Å². The zero-order valence-corrected chi connectivity index (χ0v) is 16.3. The molecule has 1 aliphatic heterocycles. The number of carbonyl (C=O) groups is 3. The van der Waals surface area contributed by atoms with Crippen LogP contribution < -0.4 is 11.5 Å². The van der Waals surface area contributed by atoms with Crippen LogP contribution in [-0.4, -0.2) is 28.7 Å². The summed E-state index contributed by atoms with van der Waals surface area (Å²) in [6.07, 6.45) is 0.394. The molecule has 1 heterocycles. The molecule has 27 heavy (non-hydrogen) atoms. The fourth-order valence-electron chi connectivity index (χ4n) is 3.40. The van der Waals surface area contributed by atoms with Crippen LogP contribution in [0.3, 0.4) is 0 Å². The molecule has 0 bridgehead atoms. The summed E-state index contributed by atoms with van der Waals surface area (Å²) in [6.45, 7) is 9.21. The van der Waals surface area contributed by atoms with Crippen LogP contribution in [0.5, 0.6) is 0 Å². The molecule has 8 nitrogen and oxygen atoms in total. The number of primary amides is 2. The summed E-state index contributed by atoms with van der Waals surface area (Å²) < 4.78 is 0. The van der Waals surface area contributed by atoms with Gasteiger partial charge in [-0.15, -0.1) is 0 Å². The maximum atomic E-state index is 12.7. The van der Waals surface area contributed by atoms with Crippen molar-refractivity contribution in [3.63, 3.8) is 0 Å². The van der Waals surface area contributed by atoms with E-state index in [1.807, 2.05) is 27.7 Å². The van der Waals surface area contributed by atoms with Gasteiger partial charge in [0.25, 0.3) is 0 Å². The summed E-state index contributed by atoms with van der Waals surface area (Å²) in [5, 5.41) is 0.726. The lowest BCUT2D eigenvalue weighted by atomic mass is 9.65. The third-order valence-corrected chi connectivity index (χ3v) is 5.85. The van der Waals surface area contributed by atoms with Crippen molar-refractivity contribution in [1.82, 2.24) is 5.23 Å². The second-order valence-corrected chi connectivity index (χ2v) is 7.34. The average Bonchev–Trinajstić information content (AvgIpc) is 2.59. The highest BCUT2D eigenvalue weighted by atomic mass is 17.1. The Morgan fingerprint density at radius 3 is 2.04 bits per heavy atom. The van der Waals surface area contributed by atoms with Gasteiger partial charge in [-0.05, 0) is 18.1 Å². The standard InChI is InChI=1S/C19H27N3O5/c1-6-19(12(4)18(5,11(2)3)17(21)25)26-22(27-19)16(24)14-10-8-7-9-13(14)15(20)23/h7-12H,6H2,1-5H3,(H2,20,23)(H2,21,25). The minimum Gasteiger partial charge on any atom is -0.369 e. The highest BCUT2D eigenvalue weighted by Gasteiger charge is 2.60. The topological polar surface area (TPSA) is 125 Å². The van der Waals surface area contributed by atoms with Crippen molar-refractivity contribution >= 4 is 17.7 Å². The highest BCUT2D eigenvalue weighted by molar-refractivity contribution is 6.06. The number of hydroxylamine groups is 2. The van der Waals surface area contributed by atoms with E-state index in [1.54, 1.807) is 19.1 Å². The number of nitrogens with zero attached hydrogens (tertiary/aromatic N) is 1. The van der Waals surface area contributed by atoms with Gasteiger partial charge in [0, 0.05) is 12.3 Å². The molecule has 0 radical (unpaired) electrons. The quantitative estimate of drug-likeness (QED) is 0.752. The van der Waals surface area contributed by atoms with Crippen molar-refractivity contribution in [3.8, 4) is 0 Å². The van der Waals surface area contributed by atoms with Gasteiger partial charge in [-0.25, -0.2) is 9.68 Å². The van der Waals surface area contributed by atoms with Crippen molar-refractivity contribution < 1.29 is 24.1 Å². The summed E-state index contributed by atoms with van der Waals surface area (Å²) in [5.74, 6) is -3.51. The molecule has 0 aliphatic carbocycles. The molecule has 0 spiro atoms. The highest BCUT2D eigenvalue weighted by Crippen LogP contribution is 2.49. The molecule has 4 N–H and O–H groups in total. The van der Waals surface area contributed by atoms with Gasteiger partial charge in [0.2, 0.25) is 17.6 Å². The molecular weight excluding hydrogens is 350 g/mol. The van der Waals surface area contributed by atoms with Gasteiger partial charge < -0.3 is 11.5 Å².